The van der Waals surface area contributed by atoms with Gasteiger partial charge in [-0.2, -0.15) is 0 Å². The minimum Gasteiger partial charge on any atom is -0.546 e. The average molecular weight is 411 g/mol. The number of carboxylic acid groups (broad SMARTS) is 1. The zero-order chi connectivity index (χ0) is 21.8. The molecule has 0 aliphatic heterocycles. The lowest BCUT2D eigenvalue weighted by Crippen LogP contribution is -2.29. The topological polar surface area (TPSA) is 84.9 Å². The van der Waals surface area contributed by atoms with Crippen LogP contribution in [-0.4, -0.2) is 32.1 Å². The van der Waals surface area contributed by atoms with Crippen molar-refractivity contribution in [2.75, 3.05) is 20.3 Å². The van der Waals surface area contributed by atoms with E-state index in [-0.39, 0.29) is 17.3 Å². The summed E-state index contributed by atoms with van der Waals surface area (Å²) in [6.07, 6.45) is 7.84. The molecule has 0 heterocycles. The fourth-order valence-electron chi connectivity index (χ4n) is 2.74. The van der Waals surface area contributed by atoms with E-state index in [0.717, 1.165) is 17.7 Å². The molecule has 0 radical (unpaired) electrons. The Morgan fingerprint density at radius 3 is 2.40 bits per heavy atom. The predicted octanol–water partition coefficient (Wildman–Crippen LogP) is 3.68. The fraction of sp³-hybridized carbons (Fsp3) is 0.333. The summed E-state index contributed by atoms with van der Waals surface area (Å²) >= 11 is 0. The normalized spacial score (nSPS) is 10.7. The summed E-state index contributed by atoms with van der Waals surface area (Å²) in [5.41, 5.74) is 1.28. The van der Waals surface area contributed by atoms with Crippen LogP contribution in [0.5, 0.6) is 17.2 Å². The molecular weight excluding hydrogens is 384 g/mol. The summed E-state index contributed by atoms with van der Waals surface area (Å²) in [6, 6.07) is 12.1. The van der Waals surface area contributed by atoms with E-state index in [9.17, 15) is 14.7 Å². The van der Waals surface area contributed by atoms with Crippen LogP contribution in [0.3, 0.4) is 0 Å². The second-order valence-corrected chi connectivity index (χ2v) is 6.70. The molecule has 0 atom stereocenters. The third-order valence-corrected chi connectivity index (χ3v) is 4.37. The molecular formula is C24H27O6-. The summed E-state index contributed by atoms with van der Waals surface area (Å²) in [4.78, 5) is 23.0. The van der Waals surface area contributed by atoms with Crippen molar-refractivity contribution in [2.45, 2.75) is 32.6 Å². The smallest absolute Gasteiger partial charge is 0.185 e. The number of allylic oxidation sites excluding steroid dienone is 1. The van der Waals surface area contributed by atoms with Gasteiger partial charge < -0.3 is 24.1 Å². The molecule has 2 aromatic rings. The molecule has 160 valence electrons. The van der Waals surface area contributed by atoms with Crippen LogP contribution >= 0.6 is 0 Å². The van der Waals surface area contributed by atoms with E-state index in [1.165, 1.54) is 44.6 Å². The number of methoxy groups -OCH3 is 1. The number of ketones is 1. The van der Waals surface area contributed by atoms with Crippen LogP contribution in [0.2, 0.25) is 0 Å². The summed E-state index contributed by atoms with van der Waals surface area (Å²) in [5.74, 6) is -0.237. The number of carbonyl (C=O) groups is 2. The highest BCUT2D eigenvalue weighted by molar-refractivity contribution is 6.07. The second kappa shape index (κ2) is 12.3. The van der Waals surface area contributed by atoms with Gasteiger partial charge in [-0.3, -0.25) is 4.79 Å². The molecule has 0 amide bonds. The van der Waals surface area contributed by atoms with Crippen molar-refractivity contribution in [3.63, 3.8) is 0 Å². The molecule has 6 heteroatoms. The molecule has 30 heavy (non-hydrogen) atoms. The highest BCUT2D eigenvalue weighted by Gasteiger charge is 2.09. The first-order valence-electron chi connectivity index (χ1n) is 9.99. The van der Waals surface area contributed by atoms with Gasteiger partial charge in [0.15, 0.2) is 17.3 Å². The third-order valence-electron chi connectivity index (χ3n) is 4.37. The van der Waals surface area contributed by atoms with Gasteiger partial charge in [-0.1, -0.05) is 44.4 Å². The van der Waals surface area contributed by atoms with Gasteiger partial charge in [0.2, 0.25) is 0 Å². The molecule has 6 nitrogen and oxygen atoms in total. The maximum absolute atomic E-state index is 12.4. The van der Waals surface area contributed by atoms with E-state index in [2.05, 4.69) is 6.92 Å². The lowest BCUT2D eigenvalue weighted by atomic mass is 10.1. The zero-order valence-electron chi connectivity index (χ0n) is 17.4. The molecule has 0 bridgehead atoms. The predicted molar refractivity (Wildman–Crippen MR) is 113 cm³/mol. The molecule has 2 rings (SSSR count). The third kappa shape index (κ3) is 7.62. The Hall–Kier alpha value is -3.28. The Labute approximate surface area is 177 Å². The molecule has 0 saturated heterocycles. The number of hydrogen-bond donors (Lipinski definition) is 0. The summed E-state index contributed by atoms with van der Waals surface area (Å²) in [5, 5.41) is 10.5. The van der Waals surface area contributed by atoms with Crippen LogP contribution in [0.25, 0.3) is 6.08 Å². The molecule has 0 spiro atoms. The molecule has 2 aromatic carbocycles. The molecule has 0 aliphatic rings. The molecule has 0 unspecified atom stereocenters. The van der Waals surface area contributed by atoms with E-state index in [1.807, 2.05) is 24.3 Å². The number of aliphatic carboxylic acids is 1. The van der Waals surface area contributed by atoms with Crippen LogP contribution < -0.4 is 19.3 Å². The molecule has 0 aromatic heterocycles. The molecule has 0 N–H and O–H groups in total. The van der Waals surface area contributed by atoms with Gasteiger partial charge in [-0.05, 0) is 48.4 Å². The lowest BCUT2D eigenvalue weighted by Gasteiger charge is -2.11. The zero-order valence-corrected chi connectivity index (χ0v) is 17.4. The first-order valence-corrected chi connectivity index (χ1v) is 9.99. The van der Waals surface area contributed by atoms with Crippen molar-refractivity contribution in [3.8, 4) is 17.2 Å². The number of carboxylic acids is 1. The number of carbonyl (C=O) groups excluding carboxylic acids is 2. The fourth-order valence-corrected chi connectivity index (χ4v) is 2.74. The van der Waals surface area contributed by atoms with Gasteiger partial charge in [0, 0.05) is 5.56 Å². The van der Waals surface area contributed by atoms with Crippen LogP contribution in [0, 0.1) is 0 Å². The van der Waals surface area contributed by atoms with Gasteiger partial charge >= 0.3 is 0 Å². The Morgan fingerprint density at radius 1 is 0.967 bits per heavy atom. The number of rotatable bonds is 13. The molecule has 0 saturated carbocycles. The van der Waals surface area contributed by atoms with Crippen LogP contribution in [0.4, 0.5) is 0 Å². The second-order valence-electron chi connectivity index (χ2n) is 6.70. The van der Waals surface area contributed by atoms with Crippen LogP contribution in [0.1, 0.15) is 48.5 Å². The maximum Gasteiger partial charge on any atom is 0.185 e. The minimum absolute atomic E-state index is 0.212. The van der Waals surface area contributed by atoms with Crippen molar-refractivity contribution in [1.82, 2.24) is 0 Å². The monoisotopic (exact) mass is 411 g/mol. The first-order chi connectivity index (χ1) is 14.5. The number of unbranched alkanes of at least 4 members (excludes halogenated alkanes) is 3. The van der Waals surface area contributed by atoms with Crippen molar-refractivity contribution >= 4 is 17.8 Å². The van der Waals surface area contributed by atoms with Crippen molar-refractivity contribution in [2.24, 2.45) is 0 Å². The van der Waals surface area contributed by atoms with Crippen LogP contribution in [-0.2, 0) is 4.79 Å². The summed E-state index contributed by atoms with van der Waals surface area (Å²) < 4.78 is 16.0. The van der Waals surface area contributed by atoms with E-state index >= 15 is 0 Å². The van der Waals surface area contributed by atoms with Crippen molar-refractivity contribution in [1.29, 1.82) is 0 Å². The van der Waals surface area contributed by atoms with E-state index in [4.69, 9.17) is 14.2 Å². The van der Waals surface area contributed by atoms with E-state index < -0.39 is 12.6 Å². The summed E-state index contributed by atoms with van der Waals surface area (Å²) in [7, 11) is 1.42. The van der Waals surface area contributed by atoms with Gasteiger partial charge in [0.05, 0.1) is 19.7 Å². The summed E-state index contributed by atoms with van der Waals surface area (Å²) in [6.45, 7) is 2.29. The average Bonchev–Trinajstić information content (AvgIpc) is 2.76. The van der Waals surface area contributed by atoms with Gasteiger partial charge in [0.1, 0.15) is 12.4 Å². The van der Waals surface area contributed by atoms with E-state index in [1.54, 1.807) is 12.1 Å². The van der Waals surface area contributed by atoms with Crippen molar-refractivity contribution in [3.05, 3.63) is 59.7 Å². The maximum atomic E-state index is 12.4. The number of benzene rings is 2. The Morgan fingerprint density at radius 2 is 1.73 bits per heavy atom. The Bertz CT molecular complexity index is 854. The molecule has 0 aliphatic carbocycles. The van der Waals surface area contributed by atoms with Crippen molar-refractivity contribution < 1.29 is 28.9 Å². The van der Waals surface area contributed by atoms with Gasteiger partial charge in [0.25, 0.3) is 0 Å². The largest absolute Gasteiger partial charge is 0.546 e. The van der Waals surface area contributed by atoms with Gasteiger partial charge in [-0.15, -0.1) is 0 Å². The Balaban J connectivity index is 1.94. The quantitative estimate of drug-likeness (QED) is 0.284. The highest BCUT2D eigenvalue weighted by Crippen LogP contribution is 2.28. The standard InChI is InChI=1S/C24H28O6/c1-3-4-5-6-15-29-20-11-7-18(8-12-20)9-13-21(25)19-10-14-22(23(16-19)28-2)30-17-24(26)27/h7-14,16H,3-6,15,17H2,1-2H3,(H,26,27)/p-1/b13-9+. The number of ether oxygens (including phenoxy) is 3. The highest BCUT2D eigenvalue weighted by atomic mass is 16.5. The Kier molecular flexibility index (Phi) is 9.45. The minimum atomic E-state index is -1.34. The van der Waals surface area contributed by atoms with Gasteiger partial charge in [-0.25, -0.2) is 0 Å². The van der Waals surface area contributed by atoms with E-state index in [0.29, 0.717) is 12.2 Å². The molecule has 0 fully saturated rings. The number of hydrogen-bond acceptors (Lipinski definition) is 6. The van der Waals surface area contributed by atoms with Crippen LogP contribution in [0.15, 0.2) is 48.5 Å². The SMILES string of the molecule is CCCCCCOc1ccc(/C=C/C(=O)c2ccc(OCC(=O)[O-])c(OC)c2)cc1. The first kappa shape index (κ1) is 23.0. The lowest BCUT2D eigenvalue weighted by molar-refractivity contribution is -0.307.